The third-order valence-corrected chi connectivity index (χ3v) is 2.26. The Balaban J connectivity index is 2.82. The number of carbonyl (C=O) groups is 2. The zero-order chi connectivity index (χ0) is 13.7. The lowest BCUT2D eigenvalue weighted by atomic mass is 10.2. The number of esters is 2. The SMILES string of the molecule is CC(=O)OCc1nc(C)c(COC(C)=O)nc1C. The minimum atomic E-state index is -0.363. The van der Waals surface area contributed by atoms with Crippen LogP contribution < -0.4 is 0 Å². The summed E-state index contributed by atoms with van der Waals surface area (Å²) in [5.74, 6) is -0.726. The molecule has 0 spiro atoms. The Bertz CT molecular complexity index is 428. The van der Waals surface area contributed by atoms with E-state index in [2.05, 4.69) is 9.97 Å². The van der Waals surface area contributed by atoms with Gasteiger partial charge in [0.05, 0.1) is 22.8 Å². The monoisotopic (exact) mass is 252 g/mol. The van der Waals surface area contributed by atoms with Crippen LogP contribution in [0, 0.1) is 13.8 Å². The number of nitrogens with zero attached hydrogens (tertiary/aromatic N) is 2. The third-order valence-electron chi connectivity index (χ3n) is 2.26. The van der Waals surface area contributed by atoms with E-state index in [1.54, 1.807) is 13.8 Å². The molecule has 6 heteroatoms. The molecule has 0 saturated carbocycles. The Hall–Kier alpha value is -1.98. The summed E-state index contributed by atoms with van der Waals surface area (Å²) in [4.78, 5) is 30.0. The summed E-state index contributed by atoms with van der Waals surface area (Å²) in [6.45, 7) is 6.41. The van der Waals surface area contributed by atoms with E-state index in [1.165, 1.54) is 13.8 Å². The van der Waals surface area contributed by atoms with Gasteiger partial charge in [-0.15, -0.1) is 0 Å². The Morgan fingerprint density at radius 1 is 0.889 bits per heavy atom. The molecule has 1 heterocycles. The molecule has 1 aromatic rings. The van der Waals surface area contributed by atoms with Crippen LogP contribution in [0.4, 0.5) is 0 Å². The van der Waals surface area contributed by atoms with Crippen molar-refractivity contribution in [3.63, 3.8) is 0 Å². The van der Waals surface area contributed by atoms with Gasteiger partial charge in [-0.05, 0) is 13.8 Å². The molecular weight excluding hydrogens is 236 g/mol. The fourth-order valence-electron chi connectivity index (χ4n) is 1.31. The number of rotatable bonds is 4. The number of aryl methyl sites for hydroxylation is 2. The Morgan fingerprint density at radius 3 is 1.50 bits per heavy atom. The molecule has 0 N–H and O–H groups in total. The second-order valence-corrected chi connectivity index (χ2v) is 3.85. The van der Waals surface area contributed by atoms with Crippen molar-refractivity contribution < 1.29 is 19.1 Å². The molecule has 6 nitrogen and oxygen atoms in total. The van der Waals surface area contributed by atoms with Crippen molar-refractivity contribution >= 4 is 11.9 Å². The molecule has 0 bridgehead atoms. The van der Waals surface area contributed by atoms with Gasteiger partial charge in [-0.3, -0.25) is 19.6 Å². The Kier molecular flexibility index (Phi) is 4.76. The average molecular weight is 252 g/mol. The molecule has 0 aromatic carbocycles. The molecule has 0 aliphatic carbocycles. The molecule has 98 valence electrons. The first-order valence-corrected chi connectivity index (χ1v) is 5.50. The van der Waals surface area contributed by atoms with Gasteiger partial charge in [0, 0.05) is 13.8 Å². The van der Waals surface area contributed by atoms with Crippen LogP contribution in [-0.4, -0.2) is 21.9 Å². The van der Waals surface area contributed by atoms with Crippen molar-refractivity contribution in [2.24, 2.45) is 0 Å². The molecule has 0 aliphatic heterocycles. The summed E-state index contributed by atoms with van der Waals surface area (Å²) in [7, 11) is 0. The highest BCUT2D eigenvalue weighted by atomic mass is 16.5. The summed E-state index contributed by atoms with van der Waals surface area (Å²) in [5.41, 5.74) is 2.52. The first-order chi connectivity index (χ1) is 8.40. The first kappa shape index (κ1) is 14.1. The zero-order valence-corrected chi connectivity index (χ0v) is 10.9. The maximum atomic E-state index is 10.7. The minimum Gasteiger partial charge on any atom is -0.459 e. The second kappa shape index (κ2) is 6.09. The number of carbonyl (C=O) groups excluding carboxylic acids is 2. The van der Waals surface area contributed by atoms with Gasteiger partial charge in [0.1, 0.15) is 13.2 Å². The second-order valence-electron chi connectivity index (χ2n) is 3.85. The molecule has 0 aliphatic rings. The number of ether oxygens (including phenoxy) is 2. The molecular formula is C12H16N2O4. The van der Waals surface area contributed by atoms with Gasteiger partial charge in [0.15, 0.2) is 0 Å². The van der Waals surface area contributed by atoms with Crippen molar-refractivity contribution in [3.05, 3.63) is 22.8 Å². The predicted octanol–water partition coefficient (Wildman–Crippen LogP) is 1.22. The van der Waals surface area contributed by atoms with E-state index in [4.69, 9.17) is 9.47 Å². The van der Waals surface area contributed by atoms with Crippen LogP contribution in [0.1, 0.15) is 36.6 Å². The van der Waals surface area contributed by atoms with Crippen molar-refractivity contribution in [1.29, 1.82) is 0 Å². The maximum absolute atomic E-state index is 10.7. The third kappa shape index (κ3) is 4.12. The van der Waals surface area contributed by atoms with Crippen LogP contribution in [0.15, 0.2) is 0 Å². The lowest BCUT2D eigenvalue weighted by Gasteiger charge is -2.10. The minimum absolute atomic E-state index is 0.100. The molecule has 0 saturated heterocycles. The highest BCUT2D eigenvalue weighted by Gasteiger charge is 2.10. The van der Waals surface area contributed by atoms with Gasteiger partial charge in [0.25, 0.3) is 0 Å². The highest BCUT2D eigenvalue weighted by Crippen LogP contribution is 2.10. The van der Waals surface area contributed by atoms with Crippen molar-refractivity contribution in [2.75, 3.05) is 0 Å². The summed E-state index contributed by atoms with van der Waals surface area (Å²) in [6.07, 6.45) is 0. The molecule has 1 rings (SSSR count). The molecule has 18 heavy (non-hydrogen) atoms. The lowest BCUT2D eigenvalue weighted by Crippen LogP contribution is -2.10. The smallest absolute Gasteiger partial charge is 0.303 e. The fraction of sp³-hybridized carbons (Fsp3) is 0.500. The van der Waals surface area contributed by atoms with Gasteiger partial charge in [-0.1, -0.05) is 0 Å². The first-order valence-electron chi connectivity index (χ1n) is 5.50. The van der Waals surface area contributed by atoms with Crippen molar-refractivity contribution in [3.8, 4) is 0 Å². The molecule has 0 fully saturated rings. The van der Waals surface area contributed by atoms with E-state index < -0.39 is 0 Å². The predicted molar refractivity (Wildman–Crippen MR) is 62.4 cm³/mol. The van der Waals surface area contributed by atoms with Gasteiger partial charge in [-0.2, -0.15) is 0 Å². The van der Waals surface area contributed by atoms with E-state index in [0.717, 1.165) is 0 Å². The highest BCUT2D eigenvalue weighted by molar-refractivity contribution is 5.66. The lowest BCUT2D eigenvalue weighted by molar-refractivity contribution is -0.143. The summed E-state index contributed by atoms with van der Waals surface area (Å²) >= 11 is 0. The zero-order valence-electron chi connectivity index (χ0n) is 10.9. The molecule has 0 atom stereocenters. The van der Waals surface area contributed by atoms with E-state index in [1.807, 2.05) is 0 Å². The molecule has 0 unspecified atom stereocenters. The van der Waals surface area contributed by atoms with Crippen LogP contribution in [0.25, 0.3) is 0 Å². The summed E-state index contributed by atoms with van der Waals surface area (Å²) in [5, 5.41) is 0. The average Bonchev–Trinajstić information content (AvgIpc) is 2.27. The molecule has 1 aromatic heterocycles. The van der Waals surface area contributed by atoms with E-state index in [0.29, 0.717) is 22.8 Å². The maximum Gasteiger partial charge on any atom is 0.303 e. The van der Waals surface area contributed by atoms with Crippen LogP contribution in [0.3, 0.4) is 0 Å². The summed E-state index contributed by atoms with van der Waals surface area (Å²) < 4.78 is 9.75. The standard InChI is InChI=1S/C12H16N2O4/c1-7-11(5-17-9(3)15)14-8(2)12(13-7)6-18-10(4)16/h5-6H2,1-4H3. The van der Waals surface area contributed by atoms with Crippen LogP contribution >= 0.6 is 0 Å². The van der Waals surface area contributed by atoms with E-state index in [9.17, 15) is 9.59 Å². The molecule has 0 amide bonds. The molecule has 0 radical (unpaired) electrons. The van der Waals surface area contributed by atoms with E-state index >= 15 is 0 Å². The fourth-order valence-corrected chi connectivity index (χ4v) is 1.31. The quantitative estimate of drug-likeness (QED) is 0.750. The number of hydrogen-bond donors (Lipinski definition) is 0. The Morgan fingerprint density at radius 2 is 1.22 bits per heavy atom. The van der Waals surface area contributed by atoms with Gasteiger partial charge >= 0.3 is 11.9 Å². The summed E-state index contributed by atoms with van der Waals surface area (Å²) in [6, 6.07) is 0. The van der Waals surface area contributed by atoms with Crippen LogP contribution in [-0.2, 0) is 32.3 Å². The van der Waals surface area contributed by atoms with Crippen molar-refractivity contribution in [2.45, 2.75) is 40.9 Å². The van der Waals surface area contributed by atoms with Crippen molar-refractivity contribution in [1.82, 2.24) is 9.97 Å². The van der Waals surface area contributed by atoms with E-state index in [-0.39, 0.29) is 25.2 Å². The number of aromatic nitrogens is 2. The van der Waals surface area contributed by atoms with Crippen LogP contribution in [0.5, 0.6) is 0 Å². The van der Waals surface area contributed by atoms with Gasteiger partial charge in [-0.25, -0.2) is 0 Å². The number of hydrogen-bond acceptors (Lipinski definition) is 6. The topological polar surface area (TPSA) is 78.4 Å². The Labute approximate surface area is 105 Å². The largest absolute Gasteiger partial charge is 0.459 e. The normalized spacial score (nSPS) is 10.0. The van der Waals surface area contributed by atoms with Crippen LogP contribution in [0.2, 0.25) is 0 Å². The van der Waals surface area contributed by atoms with Gasteiger partial charge < -0.3 is 9.47 Å². The van der Waals surface area contributed by atoms with Gasteiger partial charge in [0.2, 0.25) is 0 Å².